The van der Waals surface area contributed by atoms with Crippen LogP contribution in [0.3, 0.4) is 0 Å². The van der Waals surface area contributed by atoms with Gasteiger partial charge in [0.1, 0.15) is 7.60 Å². The molecule has 0 aromatic heterocycles. The minimum Gasteiger partial charge on any atom is -0.779 e. The molecule has 3 heterocycles. The topological polar surface area (TPSA) is 186 Å². The van der Waals surface area contributed by atoms with Gasteiger partial charge in [-0.15, -0.1) is 0 Å². The van der Waals surface area contributed by atoms with Crippen molar-refractivity contribution in [3.05, 3.63) is 12.2 Å². The summed E-state index contributed by atoms with van der Waals surface area (Å²) in [5, 5.41) is 12.4. The second-order valence-electron chi connectivity index (χ2n) is 14.1. The van der Waals surface area contributed by atoms with Crippen LogP contribution in [0.1, 0.15) is 77.0 Å². The fraction of sp³-hybridized carbons (Fsp3) is 0.788. The zero-order chi connectivity index (χ0) is 34.3. The van der Waals surface area contributed by atoms with E-state index < -0.39 is 19.4 Å². The highest BCUT2D eigenvalue weighted by atomic mass is 32.2. The maximum atomic E-state index is 13.4. The van der Waals surface area contributed by atoms with Gasteiger partial charge in [-0.1, -0.05) is 18.6 Å². The SMILES string of the molecule is CP(=O)([O-])OCCC1C=CCC2C(=O)N(CC3CCC(C(=O)NCCCCNC(=O)CCCCC4SCC5NC(=O)NC54)CC3)C(=O)C12. The molecule has 3 saturated heterocycles. The number of hydrogen-bond donors (Lipinski definition) is 4. The van der Waals surface area contributed by atoms with Crippen LogP contribution < -0.4 is 26.2 Å². The smallest absolute Gasteiger partial charge is 0.315 e. The third-order valence-electron chi connectivity index (χ3n) is 10.5. The monoisotopic (exact) mass is 708 g/mol. The van der Waals surface area contributed by atoms with E-state index in [9.17, 15) is 33.4 Å². The van der Waals surface area contributed by atoms with Gasteiger partial charge in [-0.2, -0.15) is 11.8 Å². The van der Waals surface area contributed by atoms with Gasteiger partial charge in [0.05, 0.1) is 30.5 Å². The summed E-state index contributed by atoms with van der Waals surface area (Å²) >= 11 is 1.89. The number of thioether (sulfide) groups is 1. The zero-order valence-electron chi connectivity index (χ0n) is 27.9. The van der Waals surface area contributed by atoms with E-state index in [0.717, 1.165) is 70.2 Å². The van der Waals surface area contributed by atoms with Gasteiger partial charge in [-0.25, -0.2) is 4.79 Å². The molecule has 7 atom stereocenters. The molecule has 13 nitrogen and oxygen atoms in total. The highest BCUT2D eigenvalue weighted by Gasteiger charge is 2.51. The van der Waals surface area contributed by atoms with Crippen molar-refractivity contribution >= 4 is 49.0 Å². The van der Waals surface area contributed by atoms with Gasteiger partial charge < -0.3 is 35.2 Å². The predicted octanol–water partition coefficient (Wildman–Crippen LogP) is 2.30. The molecule has 6 amide bonds. The normalized spacial score (nSPS) is 32.3. The molecule has 5 aliphatic rings. The molecule has 268 valence electrons. The summed E-state index contributed by atoms with van der Waals surface area (Å²) in [6.07, 6.45) is 12.5. The van der Waals surface area contributed by atoms with Crippen molar-refractivity contribution in [1.29, 1.82) is 0 Å². The van der Waals surface area contributed by atoms with Gasteiger partial charge in [-0.05, 0) is 76.0 Å². The lowest BCUT2D eigenvalue weighted by Gasteiger charge is -2.30. The van der Waals surface area contributed by atoms with Crippen molar-refractivity contribution in [2.45, 2.75) is 94.4 Å². The number of nitrogens with one attached hydrogen (secondary N) is 4. The first kappa shape index (κ1) is 36.9. The standard InChI is InChI=1S/C33H52N5O8PS/c1-47(44,45)46-18-15-22-7-6-8-24-28(22)32(42)38(31(24)41)19-21-11-13-23(14-12-21)30(40)35-17-5-4-16-34-27(39)10-3-2-9-26-29-25(20-48-26)36-33(43)37-29/h6-7,21-26,28-29H,2-5,8-20H2,1H3,(H,34,39)(H,35,40)(H,44,45)(H2,36,37,43)/p-1. The Labute approximate surface area is 287 Å². The fourth-order valence-corrected chi connectivity index (χ4v) is 9.92. The van der Waals surface area contributed by atoms with Crippen LogP contribution in [0.5, 0.6) is 0 Å². The molecule has 0 radical (unpaired) electrons. The Morgan fingerprint density at radius 1 is 1.02 bits per heavy atom. The molecule has 1 saturated carbocycles. The molecule has 0 bridgehead atoms. The molecular formula is C33H51N5O8PS-. The molecule has 15 heteroatoms. The van der Waals surface area contributed by atoms with Gasteiger partial charge in [-0.3, -0.25) is 24.1 Å². The molecule has 2 aliphatic carbocycles. The third-order valence-corrected chi connectivity index (χ3v) is 12.7. The van der Waals surface area contributed by atoms with E-state index in [1.165, 1.54) is 4.90 Å². The van der Waals surface area contributed by atoms with Crippen LogP contribution >= 0.6 is 19.4 Å². The number of urea groups is 1. The van der Waals surface area contributed by atoms with Crippen LogP contribution in [0.4, 0.5) is 4.79 Å². The summed E-state index contributed by atoms with van der Waals surface area (Å²) in [7, 11) is -3.85. The Hall–Kier alpha value is -2.41. The predicted molar refractivity (Wildman–Crippen MR) is 180 cm³/mol. The largest absolute Gasteiger partial charge is 0.779 e. The van der Waals surface area contributed by atoms with Gasteiger partial charge in [0.2, 0.25) is 23.6 Å². The third kappa shape index (κ3) is 9.85. The Morgan fingerprint density at radius 3 is 2.52 bits per heavy atom. The molecule has 3 aliphatic heterocycles. The first-order chi connectivity index (χ1) is 23.0. The molecule has 0 aromatic carbocycles. The van der Waals surface area contributed by atoms with Crippen molar-refractivity contribution in [3.63, 3.8) is 0 Å². The number of rotatable bonds is 17. The first-order valence-electron chi connectivity index (χ1n) is 17.7. The van der Waals surface area contributed by atoms with E-state index in [-0.39, 0.29) is 66.1 Å². The van der Waals surface area contributed by atoms with E-state index in [1.807, 2.05) is 23.9 Å². The molecule has 0 aromatic rings. The van der Waals surface area contributed by atoms with Gasteiger partial charge >= 0.3 is 6.03 Å². The minimum atomic E-state index is -3.85. The lowest BCUT2D eigenvalue weighted by molar-refractivity contribution is -0.196. The van der Waals surface area contributed by atoms with Crippen molar-refractivity contribution in [2.24, 2.45) is 29.6 Å². The molecule has 5 rings (SSSR count). The van der Waals surface area contributed by atoms with E-state index in [2.05, 4.69) is 21.3 Å². The number of hydrogen-bond acceptors (Lipinski definition) is 9. The molecule has 0 spiro atoms. The Balaban J connectivity index is 0.900. The molecule has 4 fully saturated rings. The number of unbranched alkanes of at least 4 members (excludes halogenated alkanes) is 2. The number of nitrogens with zero attached hydrogens (tertiary/aromatic N) is 1. The number of likely N-dealkylation sites (tertiary alicyclic amines) is 1. The van der Waals surface area contributed by atoms with Crippen molar-refractivity contribution in [2.75, 3.05) is 38.7 Å². The van der Waals surface area contributed by atoms with Crippen LogP contribution in [0.15, 0.2) is 12.2 Å². The average Bonchev–Trinajstić information content (AvgIpc) is 3.68. The quantitative estimate of drug-likeness (QED) is 0.0579. The van der Waals surface area contributed by atoms with Crippen LogP contribution in [0.2, 0.25) is 0 Å². The van der Waals surface area contributed by atoms with Crippen molar-refractivity contribution in [1.82, 2.24) is 26.2 Å². The summed E-state index contributed by atoms with van der Waals surface area (Å²) in [5.74, 6) is -0.294. The summed E-state index contributed by atoms with van der Waals surface area (Å²) in [4.78, 5) is 75.8. The molecule has 48 heavy (non-hydrogen) atoms. The second-order valence-corrected chi connectivity index (χ2v) is 17.1. The van der Waals surface area contributed by atoms with Crippen LogP contribution in [-0.2, 0) is 28.3 Å². The van der Waals surface area contributed by atoms with Crippen LogP contribution in [-0.4, -0.2) is 90.6 Å². The second kappa shape index (κ2) is 17.0. The van der Waals surface area contributed by atoms with Gasteiger partial charge in [0.15, 0.2) is 0 Å². The number of imide groups is 1. The minimum absolute atomic E-state index is 0.0102. The summed E-state index contributed by atoms with van der Waals surface area (Å²) < 4.78 is 16.3. The van der Waals surface area contributed by atoms with E-state index in [0.29, 0.717) is 44.1 Å². The Kier molecular flexibility index (Phi) is 13.1. The highest BCUT2D eigenvalue weighted by molar-refractivity contribution is 8.00. The number of allylic oxidation sites excluding steroid dienone is 2. The summed E-state index contributed by atoms with van der Waals surface area (Å²) in [6.45, 7) is 2.53. The maximum absolute atomic E-state index is 13.4. The number of amides is 6. The number of carbonyl (C=O) groups excluding carboxylic acids is 5. The molecule has 7 unspecified atom stereocenters. The van der Waals surface area contributed by atoms with Crippen LogP contribution in [0, 0.1) is 29.6 Å². The van der Waals surface area contributed by atoms with E-state index in [1.54, 1.807) is 0 Å². The zero-order valence-corrected chi connectivity index (χ0v) is 29.6. The van der Waals surface area contributed by atoms with Gasteiger partial charge in [0, 0.05) is 49.6 Å². The summed E-state index contributed by atoms with van der Waals surface area (Å²) in [6, 6.07) is 0.356. The van der Waals surface area contributed by atoms with Crippen molar-refractivity contribution < 1.29 is 38.0 Å². The number of carbonyl (C=O) groups is 5. The number of fused-ring (bicyclic) bond motifs is 2. The van der Waals surface area contributed by atoms with E-state index >= 15 is 0 Å². The van der Waals surface area contributed by atoms with Gasteiger partial charge in [0.25, 0.3) is 0 Å². The van der Waals surface area contributed by atoms with Crippen LogP contribution in [0.25, 0.3) is 0 Å². The lowest BCUT2D eigenvalue weighted by Crippen LogP contribution is -2.39. The molecular weight excluding hydrogens is 657 g/mol. The highest BCUT2D eigenvalue weighted by Crippen LogP contribution is 2.42. The maximum Gasteiger partial charge on any atom is 0.315 e. The Bertz CT molecular complexity index is 1270. The fourth-order valence-electron chi connectivity index (χ4n) is 7.94. The Morgan fingerprint density at radius 2 is 1.77 bits per heavy atom. The molecule has 4 N–H and O–H groups in total. The first-order valence-corrected chi connectivity index (χ1v) is 20.7. The lowest BCUT2D eigenvalue weighted by atomic mass is 9.76. The van der Waals surface area contributed by atoms with E-state index in [4.69, 9.17) is 4.52 Å². The summed E-state index contributed by atoms with van der Waals surface area (Å²) in [5.41, 5.74) is 0. The average molecular weight is 709 g/mol. The van der Waals surface area contributed by atoms with Crippen molar-refractivity contribution in [3.8, 4) is 0 Å².